The maximum absolute atomic E-state index is 12.2. The van der Waals surface area contributed by atoms with Crippen molar-refractivity contribution < 1.29 is 17.9 Å². The van der Waals surface area contributed by atoms with Crippen LogP contribution in [0.3, 0.4) is 0 Å². The Hall–Kier alpha value is -2.50. The number of benzene rings is 1. The van der Waals surface area contributed by atoms with Gasteiger partial charge in [0, 0.05) is 11.8 Å². The third kappa shape index (κ3) is 3.58. The second-order valence-corrected chi connectivity index (χ2v) is 4.86. The molecule has 0 atom stereocenters. The molecule has 6 heteroatoms. The largest absolute Gasteiger partial charge is 0.573 e. The number of alkyl halides is 3. The lowest BCUT2D eigenvalue weighted by Crippen LogP contribution is -2.30. The number of aromatic nitrogens is 1. The third-order valence-electron chi connectivity index (χ3n) is 3.17. The third-order valence-corrected chi connectivity index (χ3v) is 3.17. The number of hydrogen-bond donors (Lipinski definition) is 1. The van der Waals surface area contributed by atoms with Gasteiger partial charge >= 0.3 is 6.36 Å². The molecule has 0 fully saturated rings. The molecule has 1 aromatic carbocycles. The molecule has 1 aromatic heterocycles. The molecule has 114 valence electrons. The summed E-state index contributed by atoms with van der Waals surface area (Å²) in [6.07, 6.45) is 1.40. The summed E-state index contributed by atoms with van der Waals surface area (Å²) in [6, 6.07) is 9.41. The van der Waals surface area contributed by atoms with Crippen molar-refractivity contribution in [3.63, 3.8) is 0 Å². The molecular weight excluding hydrogens is 293 g/mol. The summed E-state index contributed by atoms with van der Waals surface area (Å²) in [6.45, 7) is 0. The van der Waals surface area contributed by atoms with Crippen LogP contribution in [0.5, 0.6) is 5.75 Å². The molecule has 1 N–H and O–H groups in total. The van der Waals surface area contributed by atoms with E-state index < -0.39 is 6.36 Å². The Morgan fingerprint density at radius 2 is 1.86 bits per heavy atom. The molecule has 1 heterocycles. The summed E-state index contributed by atoms with van der Waals surface area (Å²) in [4.78, 5) is 4.45. The van der Waals surface area contributed by atoms with Crippen LogP contribution < -0.4 is 20.6 Å². The smallest absolute Gasteiger partial charge is 0.406 e. The Balaban J connectivity index is 1.83. The van der Waals surface area contributed by atoms with E-state index in [0.717, 1.165) is 23.4 Å². The van der Waals surface area contributed by atoms with Crippen LogP contribution in [0.4, 0.5) is 24.7 Å². The van der Waals surface area contributed by atoms with E-state index in [-0.39, 0.29) is 5.75 Å². The molecule has 0 unspecified atom stereocenters. The van der Waals surface area contributed by atoms with Gasteiger partial charge in [-0.3, -0.25) is 0 Å². The lowest BCUT2D eigenvalue weighted by molar-refractivity contribution is -0.274. The van der Waals surface area contributed by atoms with Gasteiger partial charge in [-0.1, -0.05) is 18.2 Å². The molecule has 0 saturated carbocycles. The van der Waals surface area contributed by atoms with Gasteiger partial charge < -0.3 is 10.1 Å². The molecule has 3 nitrogen and oxygen atoms in total. The van der Waals surface area contributed by atoms with Gasteiger partial charge in [0.2, 0.25) is 0 Å². The molecule has 0 amide bonds. The number of nitrogens with zero attached hydrogens (tertiary/aromatic N) is 1. The van der Waals surface area contributed by atoms with Crippen molar-refractivity contribution >= 4 is 23.7 Å². The number of fused-ring (bicyclic) bond motifs is 1. The first-order valence-electron chi connectivity index (χ1n) is 6.80. The molecule has 3 rings (SSSR count). The molecule has 0 spiro atoms. The summed E-state index contributed by atoms with van der Waals surface area (Å²) in [5.74, 6) is 0.310. The Kier molecular flexibility index (Phi) is 3.75. The van der Waals surface area contributed by atoms with Crippen LogP contribution in [-0.2, 0) is 0 Å². The maximum atomic E-state index is 12.2. The number of ether oxygens (including phenoxy) is 1. The summed E-state index contributed by atoms with van der Waals surface area (Å²) < 4.78 is 40.6. The predicted octanol–water partition coefficient (Wildman–Crippen LogP) is 3.08. The predicted molar refractivity (Wildman–Crippen MR) is 78.1 cm³/mol. The topological polar surface area (TPSA) is 34.1 Å². The summed E-state index contributed by atoms with van der Waals surface area (Å²) in [5, 5.41) is 4.95. The standard InChI is InChI=1S/C16H13F3N2O/c17-16(18,19)22-13-6-3-5-12(10-13)20-15-9-8-11-4-1-2-7-14(11)21-15/h3-10H,1-2H2,(H,20,21). The average molecular weight is 306 g/mol. The van der Waals surface area contributed by atoms with Crippen molar-refractivity contribution in [2.45, 2.75) is 19.2 Å². The van der Waals surface area contributed by atoms with E-state index in [1.165, 1.54) is 18.2 Å². The zero-order valence-electron chi connectivity index (χ0n) is 11.5. The lowest BCUT2D eigenvalue weighted by atomic mass is 10.1. The molecule has 1 aliphatic carbocycles. The zero-order valence-corrected chi connectivity index (χ0v) is 11.5. The number of halogens is 3. The number of anilines is 2. The van der Waals surface area contributed by atoms with Gasteiger partial charge in [-0.2, -0.15) is 0 Å². The Labute approximate surface area is 124 Å². The molecule has 22 heavy (non-hydrogen) atoms. The van der Waals surface area contributed by atoms with Gasteiger partial charge in [0.05, 0.1) is 5.35 Å². The Morgan fingerprint density at radius 1 is 1.05 bits per heavy atom. The normalized spacial score (nSPS) is 13.6. The van der Waals surface area contributed by atoms with Crippen LogP contribution in [0.25, 0.3) is 12.2 Å². The van der Waals surface area contributed by atoms with Crippen LogP contribution in [0, 0.1) is 0 Å². The van der Waals surface area contributed by atoms with Gasteiger partial charge in [-0.15, -0.1) is 13.2 Å². The highest BCUT2D eigenvalue weighted by Crippen LogP contribution is 2.25. The molecule has 0 saturated heterocycles. The van der Waals surface area contributed by atoms with Gasteiger partial charge in [-0.05, 0) is 42.3 Å². The van der Waals surface area contributed by atoms with Crippen LogP contribution in [-0.4, -0.2) is 11.3 Å². The number of hydrogen-bond acceptors (Lipinski definition) is 3. The van der Waals surface area contributed by atoms with E-state index in [2.05, 4.69) is 21.1 Å². The maximum Gasteiger partial charge on any atom is 0.573 e. The molecule has 0 radical (unpaired) electrons. The first-order chi connectivity index (χ1) is 10.5. The average Bonchev–Trinajstić information content (AvgIpc) is 2.46. The lowest BCUT2D eigenvalue weighted by Gasteiger charge is -2.11. The highest BCUT2D eigenvalue weighted by atomic mass is 19.4. The van der Waals surface area contributed by atoms with Crippen molar-refractivity contribution in [3.05, 3.63) is 47.0 Å². The fraction of sp³-hybridized carbons (Fsp3) is 0.188. The molecule has 0 aliphatic heterocycles. The van der Waals surface area contributed by atoms with Gasteiger partial charge in [0.1, 0.15) is 11.6 Å². The minimum absolute atomic E-state index is 0.268. The van der Waals surface area contributed by atoms with Gasteiger partial charge in [0.25, 0.3) is 0 Å². The van der Waals surface area contributed by atoms with E-state index in [0.29, 0.717) is 11.5 Å². The number of rotatable bonds is 3. The minimum atomic E-state index is -4.70. The number of pyridine rings is 1. The van der Waals surface area contributed by atoms with Crippen molar-refractivity contribution in [2.75, 3.05) is 5.32 Å². The van der Waals surface area contributed by atoms with E-state index in [9.17, 15) is 13.2 Å². The SMILES string of the molecule is FC(F)(F)Oc1cccc(Nc2ccc3c(n2)=CCCC=3)c1. The highest BCUT2D eigenvalue weighted by Gasteiger charge is 2.31. The Bertz CT molecular complexity index is 800. The van der Waals surface area contributed by atoms with Crippen molar-refractivity contribution in [1.82, 2.24) is 4.98 Å². The van der Waals surface area contributed by atoms with Crippen LogP contribution >= 0.6 is 0 Å². The van der Waals surface area contributed by atoms with E-state index in [4.69, 9.17) is 0 Å². The fourth-order valence-corrected chi connectivity index (χ4v) is 2.27. The summed E-state index contributed by atoms with van der Waals surface area (Å²) in [5.41, 5.74) is 0.481. The minimum Gasteiger partial charge on any atom is -0.406 e. The second-order valence-electron chi connectivity index (χ2n) is 4.86. The first-order valence-corrected chi connectivity index (χ1v) is 6.80. The monoisotopic (exact) mass is 306 g/mol. The van der Waals surface area contributed by atoms with Crippen LogP contribution in [0.15, 0.2) is 36.4 Å². The zero-order chi connectivity index (χ0) is 15.6. The summed E-state index contributed by atoms with van der Waals surface area (Å²) in [7, 11) is 0. The summed E-state index contributed by atoms with van der Waals surface area (Å²) >= 11 is 0. The number of nitrogens with one attached hydrogen (secondary N) is 1. The second kappa shape index (κ2) is 5.71. The quantitative estimate of drug-likeness (QED) is 0.946. The van der Waals surface area contributed by atoms with Crippen LogP contribution in [0.1, 0.15) is 12.8 Å². The molecule has 2 aromatic rings. The fourth-order valence-electron chi connectivity index (χ4n) is 2.27. The molecule has 0 bridgehead atoms. The molecule has 1 aliphatic rings. The first kappa shape index (κ1) is 14.4. The van der Waals surface area contributed by atoms with E-state index in [1.54, 1.807) is 12.1 Å². The van der Waals surface area contributed by atoms with Crippen LogP contribution in [0.2, 0.25) is 0 Å². The van der Waals surface area contributed by atoms with Crippen molar-refractivity contribution in [3.8, 4) is 5.75 Å². The Morgan fingerprint density at radius 3 is 2.68 bits per heavy atom. The van der Waals surface area contributed by atoms with Gasteiger partial charge in [-0.25, -0.2) is 4.98 Å². The van der Waals surface area contributed by atoms with Crippen molar-refractivity contribution in [2.24, 2.45) is 0 Å². The highest BCUT2D eigenvalue weighted by molar-refractivity contribution is 5.58. The van der Waals surface area contributed by atoms with E-state index in [1.807, 2.05) is 12.1 Å². The van der Waals surface area contributed by atoms with E-state index >= 15 is 0 Å². The molecular formula is C16H13F3N2O. The van der Waals surface area contributed by atoms with Gasteiger partial charge in [0.15, 0.2) is 0 Å². The van der Waals surface area contributed by atoms with Crippen molar-refractivity contribution in [1.29, 1.82) is 0 Å².